The van der Waals surface area contributed by atoms with Crippen molar-refractivity contribution in [1.29, 1.82) is 0 Å². The van der Waals surface area contributed by atoms with Gasteiger partial charge in [0.1, 0.15) is 5.75 Å². The van der Waals surface area contributed by atoms with E-state index in [-0.39, 0.29) is 5.97 Å². The summed E-state index contributed by atoms with van der Waals surface area (Å²) in [6, 6.07) is 13.7. The van der Waals surface area contributed by atoms with Crippen LogP contribution in [0.1, 0.15) is 39.9 Å². The second-order valence-corrected chi connectivity index (χ2v) is 6.29. The summed E-state index contributed by atoms with van der Waals surface area (Å²) in [5, 5.41) is 0. The van der Waals surface area contributed by atoms with Gasteiger partial charge in [0.15, 0.2) is 0 Å². The molecule has 0 amide bonds. The van der Waals surface area contributed by atoms with Gasteiger partial charge in [0, 0.05) is 6.54 Å². The van der Waals surface area contributed by atoms with Crippen molar-refractivity contribution in [3.05, 3.63) is 64.7 Å². The maximum absolute atomic E-state index is 12.3. The number of para-hydroxylation sites is 1. The zero-order valence-electron chi connectivity index (χ0n) is 13.8. The van der Waals surface area contributed by atoms with E-state index < -0.39 is 0 Å². The van der Waals surface area contributed by atoms with Gasteiger partial charge in [0.05, 0.1) is 5.56 Å². The molecular formula is C20H23NO2. The predicted octanol–water partition coefficient (Wildman–Crippen LogP) is 4.12. The summed E-state index contributed by atoms with van der Waals surface area (Å²) in [6.45, 7) is 7.22. The van der Waals surface area contributed by atoms with Crippen molar-refractivity contribution in [3.63, 3.8) is 0 Å². The average Bonchev–Trinajstić information content (AvgIpc) is 3.04. The number of ether oxygens (including phenoxy) is 1. The van der Waals surface area contributed by atoms with Crippen LogP contribution in [-0.2, 0) is 6.54 Å². The lowest BCUT2D eigenvalue weighted by atomic mass is 10.1. The van der Waals surface area contributed by atoms with Crippen LogP contribution in [0.2, 0.25) is 0 Å². The van der Waals surface area contributed by atoms with Gasteiger partial charge in [-0.1, -0.05) is 30.3 Å². The third kappa shape index (κ3) is 3.80. The van der Waals surface area contributed by atoms with E-state index in [2.05, 4.69) is 4.90 Å². The molecule has 2 aromatic carbocycles. The smallest absolute Gasteiger partial charge is 0.343 e. The molecule has 1 aliphatic rings. The SMILES string of the molecule is Cc1cccc(C)c1OC(=O)c1ccc(CN2CCCC2)cc1. The van der Waals surface area contributed by atoms with Crippen LogP contribution in [0.3, 0.4) is 0 Å². The molecule has 0 unspecified atom stereocenters. The van der Waals surface area contributed by atoms with Crippen LogP contribution in [0.4, 0.5) is 0 Å². The van der Waals surface area contributed by atoms with Crippen LogP contribution in [0.5, 0.6) is 5.75 Å². The molecule has 2 aromatic rings. The minimum Gasteiger partial charge on any atom is -0.422 e. The Bertz CT molecular complexity index is 665. The Balaban J connectivity index is 1.67. The number of esters is 1. The molecule has 3 heteroatoms. The second-order valence-electron chi connectivity index (χ2n) is 6.29. The largest absolute Gasteiger partial charge is 0.422 e. The first-order valence-electron chi connectivity index (χ1n) is 8.23. The molecule has 0 N–H and O–H groups in total. The first kappa shape index (κ1) is 15.8. The summed E-state index contributed by atoms with van der Waals surface area (Å²) in [7, 11) is 0. The summed E-state index contributed by atoms with van der Waals surface area (Å²) in [4.78, 5) is 14.8. The van der Waals surface area contributed by atoms with E-state index in [0.29, 0.717) is 11.3 Å². The third-order valence-corrected chi connectivity index (χ3v) is 4.40. The highest BCUT2D eigenvalue weighted by molar-refractivity contribution is 5.91. The van der Waals surface area contributed by atoms with E-state index in [1.165, 1.54) is 31.5 Å². The molecule has 1 heterocycles. The molecule has 0 saturated carbocycles. The van der Waals surface area contributed by atoms with Gasteiger partial charge >= 0.3 is 5.97 Å². The number of likely N-dealkylation sites (tertiary alicyclic amines) is 1. The van der Waals surface area contributed by atoms with E-state index in [1.54, 1.807) is 0 Å². The number of nitrogens with zero attached hydrogens (tertiary/aromatic N) is 1. The van der Waals surface area contributed by atoms with Gasteiger partial charge < -0.3 is 4.74 Å². The molecule has 0 radical (unpaired) electrons. The molecule has 23 heavy (non-hydrogen) atoms. The fourth-order valence-electron chi connectivity index (χ4n) is 3.06. The number of carbonyl (C=O) groups is 1. The molecule has 0 bridgehead atoms. The van der Waals surface area contributed by atoms with Gasteiger partial charge in [-0.15, -0.1) is 0 Å². The maximum Gasteiger partial charge on any atom is 0.343 e. The molecule has 1 aliphatic heterocycles. The third-order valence-electron chi connectivity index (χ3n) is 4.40. The van der Waals surface area contributed by atoms with E-state index in [9.17, 15) is 4.79 Å². The highest BCUT2D eigenvalue weighted by atomic mass is 16.5. The highest BCUT2D eigenvalue weighted by Crippen LogP contribution is 2.23. The van der Waals surface area contributed by atoms with Crippen molar-refractivity contribution in [2.45, 2.75) is 33.2 Å². The van der Waals surface area contributed by atoms with Gasteiger partial charge in [-0.25, -0.2) is 4.79 Å². The van der Waals surface area contributed by atoms with Crippen molar-refractivity contribution in [2.24, 2.45) is 0 Å². The van der Waals surface area contributed by atoms with E-state index in [4.69, 9.17) is 4.74 Å². The number of aryl methyl sites for hydroxylation is 2. The Labute approximate surface area is 137 Å². The average molecular weight is 309 g/mol. The fraction of sp³-hybridized carbons (Fsp3) is 0.350. The molecule has 1 saturated heterocycles. The van der Waals surface area contributed by atoms with Crippen LogP contribution < -0.4 is 4.74 Å². The quantitative estimate of drug-likeness (QED) is 0.628. The van der Waals surface area contributed by atoms with Crippen LogP contribution in [-0.4, -0.2) is 24.0 Å². The standard InChI is InChI=1S/C20H23NO2/c1-15-6-5-7-16(2)19(15)23-20(22)18-10-8-17(9-11-18)14-21-12-3-4-13-21/h5-11H,3-4,12-14H2,1-2H3. The molecule has 120 valence electrons. The molecule has 0 aromatic heterocycles. The number of carbonyl (C=O) groups excluding carboxylic acids is 1. The molecule has 3 rings (SSSR count). The minimum absolute atomic E-state index is 0.296. The van der Waals surface area contributed by atoms with Gasteiger partial charge in [0.25, 0.3) is 0 Å². The molecule has 0 aliphatic carbocycles. The first-order chi connectivity index (χ1) is 11.1. The summed E-state index contributed by atoms with van der Waals surface area (Å²) in [5.41, 5.74) is 3.79. The van der Waals surface area contributed by atoms with Crippen LogP contribution >= 0.6 is 0 Å². The molecule has 0 spiro atoms. The van der Waals surface area contributed by atoms with Crippen molar-refractivity contribution in [1.82, 2.24) is 4.90 Å². The molecule has 0 atom stereocenters. The highest BCUT2D eigenvalue weighted by Gasteiger charge is 2.14. The van der Waals surface area contributed by atoms with E-state index in [0.717, 1.165) is 17.7 Å². The van der Waals surface area contributed by atoms with Gasteiger partial charge in [-0.2, -0.15) is 0 Å². The lowest BCUT2D eigenvalue weighted by molar-refractivity contribution is 0.0732. The van der Waals surface area contributed by atoms with Gasteiger partial charge in [-0.3, -0.25) is 4.90 Å². The molecule has 3 nitrogen and oxygen atoms in total. The Hall–Kier alpha value is -2.13. The Morgan fingerprint density at radius 3 is 2.22 bits per heavy atom. The topological polar surface area (TPSA) is 29.5 Å². The van der Waals surface area contributed by atoms with Gasteiger partial charge in [-0.05, 0) is 68.6 Å². The predicted molar refractivity (Wildman–Crippen MR) is 91.8 cm³/mol. The van der Waals surface area contributed by atoms with Crippen LogP contribution in [0.25, 0.3) is 0 Å². The summed E-state index contributed by atoms with van der Waals surface area (Å²) < 4.78 is 5.59. The lowest BCUT2D eigenvalue weighted by Gasteiger charge is -2.14. The van der Waals surface area contributed by atoms with E-state index >= 15 is 0 Å². The number of benzene rings is 2. The number of hydrogen-bond donors (Lipinski definition) is 0. The van der Waals surface area contributed by atoms with Gasteiger partial charge in [0.2, 0.25) is 0 Å². The maximum atomic E-state index is 12.3. The van der Waals surface area contributed by atoms with Crippen molar-refractivity contribution >= 4 is 5.97 Å². The van der Waals surface area contributed by atoms with Crippen molar-refractivity contribution in [3.8, 4) is 5.75 Å². The zero-order chi connectivity index (χ0) is 16.2. The first-order valence-corrected chi connectivity index (χ1v) is 8.23. The zero-order valence-corrected chi connectivity index (χ0v) is 13.8. The van der Waals surface area contributed by atoms with Crippen molar-refractivity contribution < 1.29 is 9.53 Å². The fourth-order valence-corrected chi connectivity index (χ4v) is 3.06. The second kappa shape index (κ2) is 6.97. The molecule has 1 fully saturated rings. The summed E-state index contributed by atoms with van der Waals surface area (Å²) in [6.07, 6.45) is 2.58. The normalized spacial score (nSPS) is 14.9. The van der Waals surface area contributed by atoms with Crippen molar-refractivity contribution in [2.75, 3.05) is 13.1 Å². The molecular weight excluding hydrogens is 286 g/mol. The Kier molecular flexibility index (Phi) is 4.77. The number of hydrogen-bond acceptors (Lipinski definition) is 3. The number of rotatable bonds is 4. The lowest BCUT2D eigenvalue weighted by Crippen LogP contribution is -2.18. The van der Waals surface area contributed by atoms with Crippen LogP contribution in [0, 0.1) is 13.8 Å². The minimum atomic E-state index is -0.296. The summed E-state index contributed by atoms with van der Waals surface area (Å²) in [5.74, 6) is 0.369. The monoisotopic (exact) mass is 309 g/mol. The Morgan fingerprint density at radius 1 is 1.00 bits per heavy atom. The van der Waals surface area contributed by atoms with Crippen LogP contribution in [0.15, 0.2) is 42.5 Å². The summed E-state index contributed by atoms with van der Waals surface area (Å²) >= 11 is 0. The van der Waals surface area contributed by atoms with E-state index in [1.807, 2.05) is 56.3 Å². The Morgan fingerprint density at radius 2 is 1.61 bits per heavy atom.